The Morgan fingerprint density at radius 2 is 1.95 bits per heavy atom. The molecule has 5 heteroatoms. The van der Waals surface area contributed by atoms with Crippen LogP contribution in [0.3, 0.4) is 0 Å². The van der Waals surface area contributed by atoms with Crippen molar-refractivity contribution in [2.45, 2.75) is 13.0 Å². The van der Waals surface area contributed by atoms with Gasteiger partial charge in [-0.25, -0.2) is 0 Å². The van der Waals surface area contributed by atoms with E-state index in [9.17, 15) is 4.79 Å². The summed E-state index contributed by atoms with van der Waals surface area (Å²) in [5.74, 6) is 1.23. The summed E-state index contributed by atoms with van der Waals surface area (Å²) >= 11 is 0. The first kappa shape index (κ1) is 15.0. The molecule has 2 aromatic rings. The van der Waals surface area contributed by atoms with Crippen LogP contribution in [0.5, 0.6) is 11.5 Å². The second kappa shape index (κ2) is 6.83. The van der Waals surface area contributed by atoms with Gasteiger partial charge in [-0.2, -0.15) is 0 Å². The molecule has 0 saturated heterocycles. The van der Waals surface area contributed by atoms with Gasteiger partial charge in [0.05, 0.1) is 13.7 Å². The average Bonchev–Trinajstić information content (AvgIpc) is 2.91. The van der Waals surface area contributed by atoms with Crippen LogP contribution in [0.2, 0.25) is 0 Å². The second-order valence-corrected chi connectivity index (χ2v) is 4.79. The zero-order valence-corrected chi connectivity index (χ0v) is 12.5. The zero-order chi connectivity index (χ0) is 15.2. The Balaban J connectivity index is 1.89. The molecule has 0 aliphatic rings. The van der Waals surface area contributed by atoms with Crippen LogP contribution >= 0.6 is 0 Å². The molecule has 0 spiro atoms. The van der Waals surface area contributed by atoms with Gasteiger partial charge in [-0.15, -0.1) is 0 Å². The van der Waals surface area contributed by atoms with E-state index in [1.165, 1.54) is 0 Å². The van der Waals surface area contributed by atoms with E-state index in [4.69, 9.17) is 9.47 Å². The molecule has 0 fully saturated rings. The van der Waals surface area contributed by atoms with Crippen molar-refractivity contribution >= 4 is 5.91 Å². The Kier molecular flexibility index (Phi) is 4.87. The molecule has 1 heterocycles. The predicted molar refractivity (Wildman–Crippen MR) is 80.8 cm³/mol. The monoisotopic (exact) mass is 288 g/mol. The van der Waals surface area contributed by atoms with Gasteiger partial charge in [0.25, 0.3) is 5.91 Å². The number of nitrogens with zero attached hydrogens (tertiary/aromatic N) is 1. The number of hydrogen-bond acceptors (Lipinski definition) is 3. The molecule has 1 N–H and O–H groups in total. The van der Waals surface area contributed by atoms with E-state index in [0.29, 0.717) is 23.7 Å². The number of benzene rings is 1. The topological polar surface area (TPSA) is 52.5 Å². The first-order chi connectivity index (χ1) is 10.1. The average molecular weight is 288 g/mol. The fraction of sp³-hybridized carbons (Fsp3) is 0.312. The first-order valence-corrected chi connectivity index (χ1v) is 6.81. The number of aryl methyl sites for hydroxylation is 1. The first-order valence-electron chi connectivity index (χ1n) is 6.81. The predicted octanol–water partition coefficient (Wildman–Crippen LogP) is 2.23. The third-order valence-corrected chi connectivity index (χ3v) is 3.12. The number of aromatic nitrogens is 1. The minimum absolute atomic E-state index is 0.113. The Bertz CT molecular complexity index is 607. The van der Waals surface area contributed by atoms with Gasteiger partial charge in [-0.05, 0) is 31.2 Å². The molecule has 0 aliphatic carbocycles. The van der Waals surface area contributed by atoms with Gasteiger partial charge in [0, 0.05) is 13.2 Å². The van der Waals surface area contributed by atoms with Gasteiger partial charge < -0.3 is 19.4 Å². The number of rotatable bonds is 6. The minimum atomic E-state index is -0.162. The van der Waals surface area contributed by atoms with Crippen LogP contribution in [-0.2, 0) is 7.05 Å². The van der Waals surface area contributed by atoms with Crippen LogP contribution in [0.1, 0.15) is 17.4 Å². The van der Waals surface area contributed by atoms with Crippen LogP contribution in [-0.4, -0.2) is 30.2 Å². The van der Waals surface area contributed by atoms with Gasteiger partial charge in [-0.3, -0.25) is 4.79 Å². The zero-order valence-electron chi connectivity index (χ0n) is 12.5. The Labute approximate surface area is 124 Å². The van der Waals surface area contributed by atoms with Gasteiger partial charge in [0.1, 0.15) is 11.8 Å². The van der Waals surface area contributed by atoms with E-state index in [1.807, 2.05) is 50.5 Å². The second-order valence-electron chi connectivity index (χ2n) is 4.79. The summed E-state index contributed by atoms with van der Waals surface area (Å²) < 4.78 is 12.8. The van der Waals surface area contributed by atoms with E-state index in [0.717, 1.165) is 0 Å². The lowest BCUT2D eigenvalue weighted by molar-refractivity contribution is 0.0923. The normalized spacial score (nSPS) is 11.8. The van der Waals surface area contributed by atoms with Crippen molar-refractivity contribution in [1.82, 2.24) is 9.88 Å². The molecule has 1 atom stereocenters. The van der Waals surface area contributed by atoms with Crippen LogP contribution in [0.25, 0.3) is 0 Å². The van der Waals surface area contributed by atoms with Crippen LogP contribution in [0.4, 0.5) is 0 Å². The third-order valence-electron chi connectivity index (χ3n) is 3.12. The molecule has 2 rings (SSSR count). The van der Waals surface area contributed by atoms with Gasteiger partial charge in [0.15, 0.2) is 11.5 Å². The number of hydrogen-bond donors (Lipinski definition) is 1. The van der Waals surface area contributed by atoms with Gasteiger partial charge in [0.2, 0.25) is 0 Å². The fourth-order valence-electron chi connectivity index (χ4n) is 2.00. The molecule has 0 bridgehead atoms. The van der Waals surface area contributed by atoms with E-state index in [1.54, 1.807) is 17.7 Å². The molecule has 0 saturated carbocycles. The highest BCUT2D eigenvalue weighted by Gasteiger charge is 2.12. The molecular formula is C16H20N2O3. The highest BCUT2D eigenvalue weighted by molar-refractivity contribution is 5.92. The summed E-state index contributed by atoms with van der Waals surface area (Å²) in [5.41, 5.74) is 0.625. The Morgan fingerprint density at radius 3 is 2.57 bits per heavy atom. The van der Waals surface area contributed by atoms with Gasteiger partial charge in [-0.1, -0.05) is 12.1 Å². The summed E-state index contributed by atoms with van der Waals surface area (Å²) in [6.45, 7) is 2.32. The van der Waals surface area contributed by atoms with Crippen molar-refractivity contribution in [2.24, 2.45) is 7.05 Å². The smallest absolute Gasteiger partial charge is 0.268 e. The fourth-order valence-corrected chi connectivity index (χ4v) is 2.00. The largest absolute Gasteiger partial charge is 0.493 e. The van der Waals surface area contributed by atoms with E-state index < -0.39 is 0 Å². The van der Waals surface area contributed by atoms with Crippen molar-refractivity contribution in [2.75, 3.05) is 13.7 Å². The molecule has 5 nitrogen and oxygen atoms in total. The lowest BCUT2D eigenvalue weighted by Gasteiger charge is -2.17. The number of methoxy groups -OCH3 is 1. The summed E-state index contributed by atoms with van der Waals surface area (Å²) in [4.78, 5) is 12.0. The maximum Gasteiger partial charge on any atom is 0.268 e. The molecule has 112 valence electrons. The number of carbonyl (C=O) groups excluding carboxylic acids is 1. The van der Waals surface area contributed by atoms with E-state index >= 15 is 0 Å². The maximum atomic E-state index is 12.0. The molecule has 1 aromatic heterocycles. The van der Waals surface area contributed by atoms with Crippen molar-refractivity contribution < 1.29 is 14.3 Å². The van der Waals surface area contributed by atoms with Crippen LogP contribution in [0.15, 0.2) is 42.6 Å². The number of para-hydroxylation sites is 2. The minimum Gasteiger partial charge on any atom is -0.493 e. The molecule has 1 unspecified atom stereocenters. The summed E-state index contributed by atoms with van der Waals surface area (Å²) in [6.07, 6.45) is 1.68. The summed E-state index contributed by atoms with van der Waals surface area (Å²) in [6, 6.07) is 11.1. The highest BCUT2D eigenvalue weighted by Crippen LogP contribution is 2.26. The SMILES string of the molecule is COc1ccccc1OC(C)CNC(=O)c1cccn1C. The quantitative estimate of drug-likeness (QED) is 0.887. The summed E-state index contributed by atoms with van der Waals surface area (Å²) in [7, 11) is 3.44. The van der Waals surface area contributed by atoms with Crippen molar-refractivity contribution in [3.63, 3.8) is 0 Å². The van der Waals surface area contributed by atoms with Crippen molar-refractivity contribution in [3.05, 3.63) is 48.3 Å². The molecule has 1 amide bonds. The van der Waals surface area contributed by atoms with Gasteiger partial charge >= 0.3 is 0 Å². The summed E-state index contributed by atoms with van der Waals surface area (Å²) in [5, 5.41) is 2.86. The van der Waals surface area contributed by atoms with Crippen molar-refractivity contribution in [1.29, 1.82) is 0 Å². The van der Waals surface area contributed by atoms with E-state index in [-0.39, 0.29) is 12.0 Å². The van der Waals surface area contributed by atoms with Crippen molar-refractivity contribution in [3.8, 4) is 11.5 Å². The molecule has 21 heavy (non-hydrogen) atoms. The third kappa shape index (κ3) is 3.78. The molecule has 0 radical (unpaired) electrons. The Morgan fingerprint density at radius 1 is 1.24 bits per heavy atom. The Hall–Kier alpha value is -2.43. The molecular weight excluding hydrogens is 268 g/mol. The molecule has 0 aliphatic heterocycles. The maximum absolute atomic E-state index is 12.0. The van der Waals surface area contributed by atoms with Crippen LogP contribution in [0, 0.1) is 0 Å². The molecule has 1 aromatic carbocycles. The number of nitrogens with one attached hydrogen (secondary N) is 1. The standard InChI is InChI=1S/C16H20N2O3/c1-12(21-15-9-5-4-8-14(15)20-3)11-17-16(19)13-7-6-10-18(13)2/h4-10,12H,11H2,1-3H3,(H,17,19). The van der Waals surface area contributed by atoms with E-state index in [2.05, 4.69) is 5.32 Å². The number of ether oxygens (including phenoxy) is 2. The number of carbonyl (C=O) groups is 1. The number of amides is 1. The highest BCUT2D eigenvalue weighted by atomic mass is 16.5. The van der Waals surface area contributed by atoms with Crippen LogP contribution < -0.4 is 14.8 Å². The lowest BCUT2D eigenvalue weighted by Crippen LogP contribution is -2.34. The lowest BCUT2D eigenvalue weighted by atomic mass is 10.3.